The number of hydrogen-bond acceptors (Lipinski definition) is 3. The predicted octanol–water partition coefficient (Wildman–Crippen LogP) is 0.837. The summed E-state index contributed by atoms with van der Waals surface area (Å²) in [5.41, 5.74) is 0.0391. The molecule has 2 heterocycles. The summed E-state index contributed by atoms with van der Waals surface area (Å²) in [5, 5.41) is 3.16. The van der Waals surface area contributed by atoms with Gasteiger partial charge in [-0.15, -0.1) is 0 Å². The Bertz CT molecular complexity index is 476. The number of aromatic nitrogens is 1. The van der Waals surface area contributed by atoms with Crippen molar-refractivity contribution in [3.05, 3.63) is 34.2 Å². The molecule has 0 saturated carbocycles. The number of amides is 1. The maximum atomic E-state index is 12.2. The molecule has 1 amide bonds. The lowest BCUT2D eigenvalue weighted by atomic mass is 9.93. The molecule has 0 aromatic carbocycles. The molecule has 0 spiro atoms. The first-order valence-electron chi connectivity index (χ1n) is 6.83. The molecule has 0 atom stereocenters. The molecule has 104 valence electrons. The SMILES string of the molecule is CNCCC1CCN(C(=O)c2c[nH]ccc2=O)CC1. The Hall–Kier alpha value is -1.62. The van der Waals surface area contributed by atoms with Crippen molar-refractivity contribution in [2.24, 2.45) is 5.92 Å². The van der Waals surface area contributed by atoms with Gasteiger partial charge in [-0.2, -0.15) is 0 Å². The fraction of sp³-hybridized carbons (Fsp3) is 0.571. The van der Waals surface area contributed by atoms with Crippen molar-refractivity contribution >= 4 is 5.91 Å². The lowest BCUT2D eigenvalue weighted by Crippen LogP contribution is -2.40. The maximum absolute atomic E-state index is 12.2. The first-order chi connectivity index (χ1) is 9.22. The summed E-state index contributed by atoms with van der Waals surface area (Å²) in [6.45, 7) is 2.53. The Morgan fingerprint density at radius 2 is 2.21 bits per heavy atom. The Morgan fingerprint density at radius 3 is 2.84 bits per heavy atom. The van der Waals surface area contributed by atoms with Crippen LogP contribution in [0.25, 0.3) is 0 Å². The minimum Gasteiger partial charge on any atom is -0.367 e. The van der Waals surface area contributed by atoms with Gasteiger partial charge in [-0.25, -0.2) is 0 Å². The van der Waals surface area contributed by atoms with Crippen molar-refractivity contribution in [1.29, 1.82) is 0 Å². The Morgan fingerprint density at radius 1 is 1.47 bits per heavy atom. The largest absolute Gasteiger partial charge is 0.367 e. The second kappa shape index (κ2) is 6.52. The molecule has 2 N–H and O–H groups in total. The molecule has 0 aliphatic carbocycles. The average Bonchev–Trinajstić information content (AvgIpc) is 2.45. The number of hydrogen-bond donors (Lipinski definition) is 2. The smallest absolute Gasteiger partial charge is 0.259 e. The molecule has 0 radical (unpaired) electrons. The van der Waals surface area contributed by atoms with Gasteiger partial charge in [0.25, 0.3) is 5.91 Å². The summed E-state index contributed by atoms with van der Waals surface area (Å²) in [4.78, 5) is 28.5. The Labute approximate surface area is 113 Å². The van der Waals surface area contributed by atoms with Crippen molar-refractivity contribution in [2.75, 3.05) is 26.7 Å². The van der Waals surface area contributed by atoms with Gasteiger partial charge in [0.05, 0.1) is 0 Å². The van der Waals surface area contributed by atoms with E-state index in [0.717, 1.165) is 38.9 Å². The third-order valence-electron chi connectivity index (χ3n) is 3.76. The van der Waals surface area contributed by atoms with Crippen molar-refractivity contribution in [2.45, 2.75) is 19.3 Å². The van der Waals surface area contributed by atoms with Gasteiger partial charge in [0, 0.05) is 31.5 Å². The van der Waals surface area contributed by atoms with Crippen LogP contribution < -0.4 is 10.7 Å². The van der Waals surface area contributed by atoms with E-state index in [2.05, 4.69) is 10.3 Å². The molecule has 1 aliphatic heterocycles. The first-order valence-corrected chi connectivity index (χ1v) is 6.83. The highest BCUT2D eigenvalue weighted by Gasteiger charge is 2.24. The molecule has 1 aliphatic rings. The normalized spacial score (nSPS) is 16.6. The van der Waals surface area contributed by atoms with E-state index in [1.807, 2.05) is 7.05 Å². The van der Waals surface area contributed by atoms with Gasteiger partial charge in [0.2, 0.25) is 0 Å². The van der Waals surface area contributed by atoms with E-state index >= 15 is 0 Å². The zero-order chi connectivity index (χ0) is 13.7. The van der Waals surface area contributed by atoms with E-state index < -0.39 is 0 Å². The highest BCUT2D eigenvalue weighted by atomic mass is 16.2. The molecule has 1 fully saturated rings. The van der Waals surface area contributed by atoms with Crippen molar-refractivity contribution in [3.63, 3.8) is 0 Å². The van der Waals surface area contributed by atoms with Crippen LogP contribution in [-0.4, -0.2) is 42.5 Å². The highest BCUT2D eigenvalue weighted by Crippen LogP contribution is 2.20. The van der Waals surface area contributed by atoms with E-state index in [-0.39, 0.29) is 16.9 Å². The number of H-pyrrole nitrogens is 1. The van der Waals surface area contributed by atoms with Gasteiger partial charge in [0.15, 0.2) is 5.43 Å². The molecule has 0 unspecified atom stereocenters. The van der Waals surface area contributed by atoms with Crippen LogP contribution in [0.15, 0.2) is 23.3 Å². The van der Waals surface area contributed by atoms with Crippen LogP contribution >= 0.6 is 0 Å². The van der Waals surface area contributed by atoms with Gasteiger partial charge in [-0.05, 0) is 38.8 Å². The van der Waals surface area contributed by atoms with Gasteiger partial charge in [-0.3, -0.25) is 9.59 Å². The van der Waals surface area contributed by atoms with Crippen LogP contribution in [0, 0.1) is 5.92 Å². The number of likely N-dealkylation sites (tertiary alicyclic amines) is 1. The molecule has 0 bridgehead atoms. The fourth-order valence-corrected chi connectivity index (χ4v) is 2.53. The van der Waals surface area contributed by atoms with Crippen molar-refractivity contribution in [3.8, 4) is 0 Å². The van der Waals surface area contributed by atoms with Crippen LogP contribution in [0.2, 0.25) is 0 Å². The summed E-state index contributed by atoms with van der Waals surface area (Å²) in [5.74, 6) is 0.541. The number of nitrogens with zero attached hydrogens (tertiary/aromatic N) is 1. The Kier molecular flexibility index (Phi) is 4.74. The van der Waals surface area contributed by atoms with Crippen LogP contribution in [-0.2, 0) is 0 Å². The van der Waals surface area contributed by atoms with E-state index in [9.17, 15) is 9.59 Å². The molecular weight excluding hydrogens is 242 g/mol. The number of pyridine rings is 1. The Balaban J connectivity index is 1.93. The van der Waals surface area contributed by atoms with Crippen molar-refractivity contribution in [1.82, 2.24) is 15.2 Å². The number of carbonyl (C=O) groups is 1. The number of carbonyl (C=O) groups excluding carboxylic acids is 1. The number of nitrogens with one attached hydrogen (secondary N) is 2. The molecule has 1 aromatic heterocycles. The van der Waals surface area contributed by atoms with Gasteiger partial charge < -0.3 is 15.2 Å². The second-order valence-corrected chi connectivity index (χ2v) is 5.05. The lowest BCUT2D eigenvalue weighted by molar-refractivity contribution is 0.0685. The molecule has 2 rings (SSSR count). The summed E-state index contributed by atoms with van der Waals surface area (Å²) >= 11 is 0. The molecule has 19 heavy (non-hydrogen) atoms. The van der Waals surface area contributed by atoms with E-state index in [1.54, 1.807) is 11.1 Å². The van der Waals surface area contributed by atoms with Crippen LogP contribution in [0.5, 0.6) is 0 Å². The minimum atomic E-state index is -0.207. The predicted molar refractivity (Wildman–Crippen MR) is 74.2 cm³/mol. The van der Waals surface area contributed by atoms with Crippen LogP contribution in [0.4, 0.5) is 0 Å². The van der Waals surface area contributed by atoms with Gasteiger partial charge in [-0.1, -0.05) is 0 Å². The summed E-state index contributed by atoms with van der Waals surface area (Å²) < 4.78 is 0. The number of aromatic amines is 1. The fourth-order valence-electron chi connectivity index (χ4n) is 2.53. The van der Waals surface area contributed by atoms with E-state index in [4.69, 9.17) is 0 Å². The number of rotatable bonds is 4. The zero-order valence-electron chi connectivity index (χ0n) is 11.3. The van der Waals surface area contributed by atoms with Gasteiger partial charge in [0.1, 0.15) is 5.56 Å². The van der Waals surface area contributed by atoms with E-state index in [0.29, 0.717) is 5.92 Å². The topological polar surface area (TPSA) is 65.2 Å². The monoisotopic (exact) mass is 263 g/mol. The lowest BCUT2D eigenvalue weighted by Gasteiger charge is -2.31. The molecule has 5 nitrogen and oxygen atoms in total. The molecule has 1 aromatic rings. The standard InChI is InChI=1S/C14H21N3O2/c1-15-6-2-11-4-8-17(9-5-11)14(19)12-10-16-7-3-13(12)18/h3,7,10-11,15H,2,4-6,8-9H2,1H3,(H,16,18). The summed E-state index contributed by atoms with van der Waals surface area (Å²) in [7, 11) is 1.96. The quantitative estimate of drug-likeness (QED) is 0.846. The third-order valence-corrected chi connectivity index (χ3v) is 3.76. The second-order valence-electron chi connectivity index (χ2n) is 5.05. The number of piperidine rings is 1. The summed E-state index contributed by atoms with van der Waals surface area (Å²) in [6, 6.07) is 1.40. The maximum Gasteiger partial charge on any atom is 0.259 e. The highest BCUT2D eigenvalue weighted by molar-refractivity contribution is 5.93. The van der Waals surface area contributed by atoms with Crippen LogP contribution in [0.1, 0.15) is 29.6 Å². The third kappa shape index (κ3) is 3.44. The summed E-state index contributed by atoms with van der Waals surface area (Å²) in [6.07, 6.45) is 6.25. The minimum absolute atomic E-state index is 0.145. The van der Waals surface area contributed by atoms with Gasteiger partial charge >= 0.3 is 0 Å². The zero-order valence-corrected chi connectivity index (χ0v) is 11.3. The molecule has 1 saturated heterocycles. The first kappa shape index (κ1) is 13.8. The molecular formula is C14H21N3O2. The average molecular weight is 263 g/mol. The van der Waals surface area contributed by atoms with E-state index in [1.165, 1.54) is 12.3 Å². The molecule has 5 heteroatoms. The van der Waals surface area contributed by atoms with Crippen molar-refractivity contribution < 1.29 is 4.79 Å². The van der Waals surface area contributed by atoms with Crippen LogP contribution in [0.3, 0.4) is 0 Å².